The number of nitrogens with zero attached hydrogens (tertiary/aromatic N) is 2. The van der Waals surface area contributed by atoms with Crippen molar-refractivity contribution in [3.05, 3.63) is 42.5 Å². The van der Waals surface area contributed by atoms with Gasteiger partial charge in [0.1, 0.15) is 0 Å². The summed E-state index contributed by atoms with van der Waals surface area (Å²) >= 11 is 0. The van der Waals surface area contributed by atoms with Gasteiger partial charge in [0.25, 0.3) is 0 Å². The fraction of sp³-hybridized carbons (Fsp3) is 0.500. The first kappa shape index (κ1) is 14.1. The van der Waals surface area contributed by atoms with Gasteiger partial charge in [0.15, 0.2) is 0 Å². The van der Waals surface area contributed by atoms with Crippen molar-refractivity contribution >= 4 is 5.69 Å². The van der Waals surface area contributed by atoms with E-state index < -0.39 is 0 Å². The van der Waals surface area contributed by atoms with Gasteiger partial charge in [-0.2, -0.15) is 0 Å². The molecule has 1 aliphatic heterocycles. The lowest BCUT2D eigenvalue weighted by Crippen LogP contribution is -2.46. The van der Waals surface area contributed by atoms with Crippen molar-refractivity contribution in [2.45, 2.75) is 12.8 Å². The molecule has 104 valence electrons. The average Bonchev–Trinajstić information content (AvgIpc) is 2.46. The first-order chi connectivity index (χ1) is 9.33. The van der Waals surface area contributed by atoms with Gasteiger partial charge in [-0.15, -0.1) is 6.58 Å². The Morgan fingerprint density at radius 1 is 1.21 bits per heavy atom. The Morgan fingerprint density at radius 2 is 2.00 bits per heavy atom. The Kier molecular flexibility index (Phi) is 5.43. The van der Waals surface area contributed by atoms with E-state index in [-0.39, 0.29) is 0 Å². The van der Waals surface area contributed by atoms with Crippen molar-refractivity contribution in [2.24, 2.45) is 0 Å². The molecule has 0 saturated carbocycles. The van der Waals surface area contributed by atoms with Crippen molar-refractivity contribution in [3.63, 3.8) is 0 Å². The van der Waals surface area contributed by atoms with E-state index in [1.807, 2.05) is 6.08 Å². The summed E-state index contributed by atoms with van der Waals surface area (Å²) in [7, 11) is 0. The molecule has 1 saturated heterocycles. The normalized spacial score (nSPS) is 16.6. The first-order valence-electron chi connectivity index (χ1n) is 7.11. The van der Waals surface area contributed by atoms with Crippen molar-refractivity contribution in [1.29, 1.82) is 0 Å². The molecule has 0 amide bonds. The van der Waals surface area contributed by atoms with Gasteiger partial charge in [0, 0.05) is 45.0 Å². The van der Waals surface area contributed by atoms with E-state index in [9.17, 15) is 0 Å². The van der Waals surface area contributed by atoms with E-state index in [1.165, 1.54) is 11.3 Å². The largest absolute Gasteiger partial charge is 0.396 e. The van der Waals surface area contributed by atoms with Gasteiger partial charge in [-0.25, -0.2) is 0 Å². The third kappa shape index (κ3) is 4.08. The number of hydrogen-bond donors (Lipinski definition) is 1. The van der Waals surface area contributed by atoms with Crippen LogP contribution in [-0.2, 0) is 6.42 Å². The maximum Gasteiger partial charge on any atom is 0.0443 e. The fourth-order valence-electron chi connectivity index (χ4n) is 2.57. The second kappa shape index (κ2) is 7.31. The zero-order valence-electron chi connectivity index (χ0n) is 11.6. The van der Waals surface area contributed by atoms with Gasteiger partial charge in [0.05, 0.1) is 0 Å². The van der Waals surface area contributed by atoms with Crippen LogP contribution in [0.3, 0.4) is 0 Å². The minimum Gasteiger partial charge on any atom is -0.396 e. The van der Waals surface area contributed by atoms with Crippen LogP contribution < -0.4 is 4.90 Å². The molecule has 19 heavy (non-hydrogen) atoms. The lowest BCUT2D eigenvalue weighted by atomic mass is 10.1. The molecule has 1 aromatic rings. The predicted octanol–water partition coefficient (Wildman–Crippen LogP) is 1.92. The van der Waals surface area contributed by atoms with E-state index in [4.69, 9.17) is 5.11 Å². The molecule has 0 radical (unpaired) electrons. The number of allylic oxidation sites excluding steroid dienone is 1. The number of aliphatic hydroxyl groups is 1. The SMILES string of the molecule is C=CCc1cccc(N2CCN(CCCO)CC2)c1. The third-order valence-electron chi connectivity index (χ3n) is 3.66. The number of piperazine rings is 1. The molecule has 1 fully saturated rings. The Balaban J connectivity index is 1.90. The van der Waals surface area contributed by atoms with Crippen LogP contribution in [0, 0.1) is 0 Å². The van der Waals surface area contributed by atoms with Gasteiger partial charge in [-0.3, -0.25) is 4.90 Å². The summed E-state index contributed by atoms with van der Waals surface area (Å²) in [5, 5.41) is 8.86. The summed E-state index contributed by atoms with van der Waals surface area (Å²) in [6.45, 7) is 9.43. The van der Waals surface area contributed by atoms with Crippen molar-refractivity contribution in [3.8, 4) is 0 Å². The Morgan fingerprint density at radius 3 is 2.68 bits per heavy atom. The van der Waals surface area contributed by atoms with Gasteiger partial charge < -0.3 is 10.0 Å². The summed E-state index contributed by atoms with van der Waals surface area (Å²) in [6, 6.07) is 8.75. The Hall–Kier alpha value is -1.32. The summed E-state index contributed by atoms with van der Waals surface area (Å²) in [6.07, 6.45) is 3.77. The van der Waals surface area contributed by atoms with Gasteiger partial charge in [0.2, 0.25) is 0 Å². The monoisotopic (exact) mass is 260 g/mol. The molecule has 1 aliphatic rings. The van der Waals surface area contributed by atoms with Crippen LogP contribution in [0.15, 0.2) is 36.9 Å². The number of benzene rings is 1. The molecule has 1 N–H and O–H groups in total. The number of aliphatic hydroxyl groups excluding tert-OH is 1. The molecule has 3 nitrogen and oxygen atoms in total. The van der Waals surface area contributed by atoms with Gasteiger partial charge in [-0.05, 0) is 30.5 Å². The fourth-order valence-corrected chi connectivity index (χ4v) is 2.57. The molecule has 1 aromatic carbocycles. The highest BCUT2D eigenvalue weighted by molar-refractivity contribution is 5.49. The number of hydrogen-bond acceptors (Lipinski definition) is 3. The van der Waals surface area contributed by atoms with Gasteiger partial charge >= 0.3 is 0 Å². The maximum absolute atomic E-state index is 8.86. The van der Waals surface area contributed by atoms with Crippen LogP contribution in [0.2, 0.25) is 0 Å². The van der Waals surface area contributed by atoms with Crippen molar-refractivity contribution < 1.29 is 5.11 Å². The van der Waals surface area contributed by atoms with Crippen LogP contribution in [0.5, 0.6) is 0 Å². The lowest BCUT2D eigenvalue weighted by Gasteiger charge is -2.36. The first-order valence-corrected chi connectivity index (χ1v) is 7.11. The van der Waals surface area contributed by atoms with Crippen LogP contribution in [0.25, 0.3) is 0 Å². The number of anilines is 1. The van der Waals surface area contributed by atoms with Gasteiger partial charge in [-0.1, -0.05) is 18.2 Å². The molecule has 0 unspecified atom stereocenters. The summed E-state index contributed by atoms with van der Waals surface area (Å²) in [4.78, 5) is 4.88. The van der Waals surface area contributed by atoms with E-state index in [0.717, 1.165) is 45.6 Å². The highest BCUT2D eigenvalue weighted by atomic mass is 16.3. The molecule has 1 heterocycles. The molecule has 2 rings (SSSR count). The van der Waals surface area contributed by atoms with E-state index in [0.29, 0.717) is 6.61 Å². The Bertz CT molecular complexity index is 397. The standard InChI is InChI=1S/C16H24N2O/c1-2-5-15-6-3-7-16(14-15)18-11-9-17(10-12-18)8-4-13-19/h2-3,6-7,14,19H,1,4-5,8-13H2. The zero-order valence-corrected chi connectivity index (χ0v) is 11.6. The topological polar surface area (TPSA) is 26.7 Å². The molecule has 0 bridgehead atoms. The lowest BCUT2D eigenvalue weighted by molar-refractivity contribution is 0.216. The predicted molar refractivity (Wildman–Crippen MR) is 80.7 cm³/mol. The van der Waals surface area contributed by atoms with E-state index in [2.05, 4.69) is 40.6 Å². The minimum absolute atomic E-state index is 0.295. The second-order valence-corrected chi connectivity index (χ2v) is 5.07. The van der Waals surface area contributed by atoms with Crippen molar-refractivity contribution in [1.82, 2.24) is 4.90 Å². The molecule has 0 atom stereocenters. The molecule has 0 spiro atoms. The van der Waals surface area contributed by atoms with Crippen LogP contribution in [0.4, 0.5) is 5.69 Å². The molecule has 3 heteroatoms. The maximum atomic E-state index is 8.86. The van der Waals surface area contributed by atoms with E-state index >= 15 is 0 Å². The number of rotatable bonds is 6. The highest BCUT2D eigenvalue weighted by Gasteiger charge is 2.16. The van der Waals surface area contributed by atoms with Crippen LogP contribution in [0.1, 0.15) is 12.0 Å². The van der Waals surface area contributed by atoms with Crippen LogP contribution >= 0.6 is 0 Å². The zero-order chi connectivity index (χ0) is 13.5. The smallest absolute Gasteiger partial charge is 0.0443 e. The summed E-state index contributed by atoms with van der Waals surface area (Å²) in [5.41, 5.74) is 2.65. The molecule has 0 aliphatic carbocycles. The third-order valence-corrected chi connectivity index (χ3v) is 3.66. The summed E-state index contributed by atoms with van der Waals surface area (Å²) in [5.74, 6) is 0. The quantitative estimate of drug-likeness (QED) is 0.792. The van der Waals surface area contributed by atoms with Crippen molar-refractivity contribution in [2.75, 3.05) is 44.2 Å². The Labute approximate surface area is 116 Å². The molecule has 0 aromatic heterocycles. The highest BCUT2D eigenvalue weighted by Crippen LogP contribution is 2.18. The molecular weight excluding hydrogens is 236 g/mol. The average molecular weight is 260 g/mol. The second-order valence-electron chi connectivity index (χ2n) is 5.07. The van der Waals surface area contributed by atoms with E-state index in [1.54, 1.807) is 0 Å². The minimum atomic E-state index is 0.295. The van der Waals surface area contributed by atoms with Crippen LogP contribution in [-0.4, -0.2) is 49.3 Å². The summed E-state index contributed by atoms with van der Waals surface area (Å²) < 4.78 is 0. The molecular formula is C16H24N2O.